The minimum Gasteiger partial charge on any atom is -0.497 e. The van der Waals surface area contributed by atoms with E-state index in [2.05, 4.69) is 34.3 Å². The van der Waals surface area contributed by atoms with E-state index in [0.717, 1.165) is 29.6 Å². The Kier molecular flexibility index (Phi) is 6.11. The highest BCUT2D eigenvalue weighted by molar-refractivity contribution is 5.76. The van der Waals surface area contributed by atoms with Crippen LogP contribution in [0, 0.1) is 0 Å². The lowest BCUT2D eigenvalue weighted by atomic mass is 10.1. The molecular weight excluding hydrogens is 404 g/mol. The number of methoxy groups -OCH3 is 1. The van der Waals surface area contributed by atoms with Crippen LogP contribution < -0.4 is 21.5 Å². The van der Waals surface area contributed by atoms with Crippen LogP contribution in [-0.4, -0.2) is 32.3 Å². The summed E-state index contributed by atoms with van der Waals surface area (Å²) in [5.41, 5.74) is 9.55. The summed E-state index contributed by atoms with van der Waals surface area (Å²) >= 11 is 0. The third kappa shape index (κ3) is 4.59. The van der Waals surface area contributed by atoms with E-state index in [4.69, 9.17) is 10.5 Å². The first-order valence-corrected chi connectivity index (χ1v) is 10.6. The molecular formula is C24H28N6O2. The molecule has 0 aliphatic heterocycles. The first-order chi connectivity index (χ1) is 15.4. The fraction of sp³-hybridized carbons (Fsp3) is 0.292. The standard InChI is InChI=1S/C24H28N6O2/c1-16(8-9-17-10-12-19(32-3)13-11-17)26-22-14-18(27-23(25)28-22)15-30-21-7-5-4-6-20(21)29(2)24(30)31/h4-7,10-14,16H,8-9,15H2,1-3H3,(H3,25,26,27,28). The molecule has 2 heterocycles. The Labute approximate surface area is 186 Å². The van der Waals surface area contributed by atoms with E-state index in [9.17, 15) is 4.79 Å². The number of fused-ring (bicyclic) bond motifs is 1. The molecule has 2 aromatic carbocycles. The van der Waals surface area contributed by atoms with Crippen LogP contribution in [0.3, 0.4) is 0 Å². The van der Waals surface area contributed by atoms with Gasteiger partial charge in [-0.3, -0.25) is 9.13 Å². The molecule has 2 aromatic heterocycles. The summed E-state index contributed by atoms with van der Waals surface area (Å²) in [6.07, 6.45) is 1.85. The van der Waals surface area contributed by atoms with Crippen LogP contribution in [0.4, 0.5) is 11.8 Å². The molecule has 0 amide bonds. The number of nitrogens with two attached hydrogens (primary N) is 1. The normalized spacial score (nSPS) is 12.1. The lowest BCUT2D eigenvalue weighted by Gasteiger charge is -2.16. The summed E-state index contributed by atoms with van der Waals surface area (Å²) < 4.78 is 8.55. The third-order valence-corrected chi connectivity index (χ3v) is 5.59. The predicted octanol–water partition coefficient (Wildman–Crippen LogP) is 3.20. The van der Waals surface area contributed by atoms with Crippen molar-refractivity contribution in [1.82, 2.24) is 19.1 Å². The maximum Gasteiger partial charge on any atom is 0.329 e. The van der Waals surface area contributed by atoms with E-state index in [1.807, 2.05) is 42.5 Å². The number of rotatable bonds is 8. The Bertz CT molecular complexity index is 1280. The number of benzene rings is 2. The molecule has 0 bridgehead atoms. The van der Waals surface area contributed by atoms with Gasteiger partial charge in [-0.1, -0.05) is 24.3 Å². The smallest absolute Gasteiger partial charge is 0.329 e. The SMILES string of the molecule is COc1ccc(CCC(C)Nc2cc(Cn3c(=O)n(C)c4ccccc43)nc(N)n2)cc1. The Morgan fingerprint density at radius 3 is 2.53 bits per heavy atom. The Morgan fingerprint density at radius 1 is 1.09 bits per heavy atom. The van der Waals surface area contributed by atoms with Gasteiger partial charge in [-0.25, -0.2) is 9.78 Å². The fourth-order valence-corrected chi connectivity index (χ4v) is 3.85. The van der Waals surface area contributed by atoms with Crippen molar-refractivity contribution in [3.63, 3.8) is 0 Å². The topological polar surface area (TPSA) is 100.0 Å². The van der Waals surface area contributed by atoms with Gasteiger partial charge in [0, 0.05) is 19.2 Å². The number of aryl methyl sites for hydroxylation is 2. The van der Waals surface area contributed by atoms with Crippen LogP contribution in [-0.2, 0) is 20.0 Å². The molecule has 0 saturated heterocycles. The fourth-order valence-electron chi connectivity index (χ4n) is 3.85. The lowest BCUT2D eigenvalue weighted by molar-refractivity contribution is 0.414. The van der Waals surface area contributed by atoms with Gasteiger partial charge < -0.3 is 15.8 Å². The largest absolute Gasteiger partial charge is 0.497 e. The van der Waals surface area contributed by atoms with Gasteiger partial charge >= 0.3 is 5.69 Å². The van der Waals surface area contributed by atoms with Gasteiger partial charge in [0.05, 0.1) is 30.4 Å². The quantitative estimate of drug-likeness (QED) is 0.444. The monoisotopic (exact) mass is 432 g/mol. The minimum atomic E-state index is -0.0919. The number of nitrogens with zero attached hydrogens (tertiary/aromatic N) is 4. The van der Waals surface area contributed by atoms with Gasteiger partial charge in [-0.05, 0) is 49.6 Å². The maximum absolute atomic E-state index is 12.7. The van der Waals surface area contributed by atoms with Gasteiger partial charge in [0.15, 0.2) is 0 Å². The zero-order valence-corrected chi connectivity index (χ0v) is 18.6. The third-order valence-electron chi connectivity index (χ3n) is 5.59. The summed E-state index contributed by atoms with van der Waals surface area (Å²) in [6.45, 7) is 2.43. The van der Waals surface area contributed by atoms with E-state index >= 15 is 0 Å². The molecule has 1 unspecified atom stereocenters. The zero-order chi connectivity index (χ0) is 22.7. The summed E-state index contributed by atoms with van der Waals surface area (Å²) in [5, 5.41) is 3.41. The van der Waals surface area contributed by atoms with Gasteiger partial charge in [0.1, 0.15) is 11.6 Å². The molecule has 0 spiro atoms. The lowest BCUT2D eigenvalue weighted by Crippen LogP contribution is -2.23. The average molecular weight is 433 g/mol. The average Bonchev–Trinajstić information content (AvgIpc) is 3.03. The van der Waals surface area contributed by atoms with Crippen molar-refractivity contribution in [2.75, 3.05) is 18.2 Å². The second-order valence-corrected chi connectivity index (χ2v) is 7.95. The van der Waals surface area contributed by atoms with Crippen molar-refractivity contribution in [3.05, 3.63) is 76.3 Å². The van der Waals surface area contributed by atoms with E-state index in [0.29, 0.717) is 18.1 Å². The Morgan fingerprint density at radius 2 is 1.81 bits per heavy atom. The highest BCUT2D eigenvalue weighted by Gasteiger charge is 2.13. The molecule has 0 saturated carbocycles. The van der Waals surface area contributed by atoms with Gasteiger partial charge in [0.25, 0.3) is 0 Å². The molecule has 4 aromatic rings. The molecule has 166 valence electrons. The van der Waals surface area contributed by atoms with Gasteiger partial charge in [0.2, 0.25) is 5.95 Å². The Balaban J connectivity index is 1.47. The number of nitrogen functional groups attached to an aromatic ring is 1. The number of anilines is 2. The van der Waals surface area contributed by atoms with Gasteiger partial charge in [-0.15, -0.1) is 0 Å². The number of imidazole rings is 1. The first-order valence-electron chi connectivity index (χ1n) is 10.6. The Hall–Kier alpha value is -3.81. The summed E-state index contributed by atoms with van der Waals surface area (Å²) in [5.74, 6) is 1.69. The molecule has 3 N–H and O–H groups in total. The maximum atomic E-state index is 12.7. The number of nitrogens with one attached hydrogen (secondary N) is 1. The van der Waals surface area contributed by atoms with Crippen molar-refractivity contribution >= 4 is 22.8 Å². The molecule has 0 aliphatic rings. The van der Waals surface area contributed by atoms with Crippen molar-refractivity contribution in [3.8, 4) is 5.75 Å². The number of aromatic nitrogens is 4. The van der Waals surface area contributed by atoms with E-state index in [1.54, 1.807) is 23.3 Å². The van der Waals surface area contributed by atoms with Crippen molar-refractivity contribution in [1.29, 1.82) is 0 Å². The molecule has 1 atom stereocenters. The summed E-state index contributed by atoms with van der Waals surface area (Å²) in [4.78, 5) is 21.4. The highest BCUT2D eigenvalue weighted by Crippen LogP contribution is 2.17. The van der Waals surface area contributed by atoms with Crippen LogP contribution >= 0.6 is 0 Å². The van der Waals surface area contributed by atoms with Crippen LogP contribution in [0.1, 0.15) is 24.6 Å². The van der Waals surface area contributed by atoms with Crippen molar-refractivity contribution in [2.45, 2.75) is 32.4 Å². The second-order valence-electron chi connectivity index (χ2n) is 7.95. The molecule has 8 nitrogen and oxygen atoms in total. The summed E-state index contributed by atoms with van der Waals surface area (Å²) in [7, 11) is 3.44. The van der Waals surface area contributed by atoms with Crippen LogP contribution in [0.2, 0.25) is 0 Å². The number of hydrogen-bond acceptors (Lipinski definition) is 6. The van der Waals surface area contributed by atoms with Gasteiger partial charge in [-0.2, -0.15) is 4.98 Å². The zero-order valence-electron chi connectivity index (χ0n) is 18.6. The van der Waals surface area contributed by atoms with E-state index in [1.165, 1.54) is 5.56 Å². The van der Waals surface area contributed by atoms with Crippen LogP contribution in [0.15, 0.2) is 59.4 Å². The van der Waals surface area contributed by atoms with E-state index in [-0.39, 0.29) is 17.7 Å². The molecule has 0 radical (unpaired) electrons. The molecule has 0 fully saturated rings. The molecule has 8 heteroatoms. The summed E-state index contributed by atoms with van der Waals surface area (Å²) in [6, 6.07) is 17.8. The minimum absolute atomic E-state index is 0.0919. The van der Waals surface area contributed by atoms with Crippen LogP contribution in [0.5, 0.6) is 5.75 Å². The first kappa shape index (κ1) is 21.4. The van der Waals surface area contributed by atoms with E-state index < -0.39 is 0 Å². The number of para-hydroxylation sites is 2. The van der Waals surface area contributed by atoms with Crippen molar-refractivity contribution in [2.24, 2.45) is 7.05 Å². The molecule has 0 aliphatic carbocycles. The number of ether oxygens (including phenoxy) is 1. The van der Waals surface area contributed by atoms with Crippen molar-refractivity contribution < 1.29 is 4.74 Å². The molecule has 4 rings (SSSR count). The predicted molar refractivity (Wildman–Crippen MR) is 127 cm³/mol. The second kappa shape index (κ2) is 9.13. The van der Waals surface area contributed by atoms with Crippen LogP contribution in [0.25, 0.3) is 11.0 Å². The number of hydrogen-bond donors (Lipinski definition) is 2. The molecule has 32 heavy (non-hydrogen) atoms. The highest BCUT2D eigenvalue weighted by atomic mass is 16.5.